The van der Waals surface area contributed by atoms with E-state index in [1.54, 1.807) is 18.2 Å². The van der Waals surface area contributed by atoms with Crippen molar-refractivity contribution in [2.75, 3.05) is 32.9 Å². The van der Waals surface area contributed by atoms with Crippen molar-refractivity contribution < 1.29 is 4.79 Å². The van der Waals surface area contributed by atoms with Gasteiger partial charge in [0.05, 0.1) is 0 Å². The van der Waals surface area contributed by atoms with Gasteiger partial charge in [0.2, 0.25) is 0 Å². The number of hydrogen-bond donors (Lipinski definition) is 1. The number of likely N-dealkylation sites (tertiary alicyclic amines) is 1. The Morgan fingerprint density at radius 2 is 1.90 bits per heavy atom. The molecular weight excluding hydrogens is 299 g/mol. The molecule has 0 aromatic carbocycles. The quantitative estimate of drug-likeness (QED) is 0.900. The zero-order chi connectivity index (χ0) is 13.1. The van der Waals surface area contributed by atoms with Crippen LogP contribution in [0, 0.1) is 0 Å². The number of nitrogens with two attached hydrogens (primary N) is 1. The molecule has 1 fully saturated rings. The number of rotatable bonds is 2. The van der Waals surface area contributed by atoms with Gasteiger partial charge >= 0.3 is 0 Å². The monoisotopic (exact) mass is 320 g/mol. The second kappa shape index (κ2) is 8.29. The van der Waals surface area contributed by atoms with Crippen LogP contribution in [0.3, 0.4) is 0 Å². The van der Waals surface area contributed by atoms with Crippen LogP contribution in [0.1, 0.15) is 23.3 Å². The Hall–Kier alpha value is -1.04. The maximum atomic E-state index is 12.2. The lowest BCUT2D eigenvalue weighted by molar-refractivity contribution is 0.0657. The van der Waals surface area contributed by atoms with Crippen LogP contribution in [-0.2, 0) is 0 Å². The molecule has 0 unspecified atom stereocenters. The van der Waals surface area contributed by atoms with Gasteiger partial charge in [0, 0.05) is 19.1 Å². The number of pyridine rings is 1. The molecule has 0 radical (unpaired) electrons. The SMILES string of the molecule is CN(C)C1CCN(C(=O)c2cccc(N)n2)CC1.Cl.Cl. The minimum absolute atomic E-state index is 0. The number of piperidine rings is 1. The van der Waals surface area contributed by atoms with Gasteiger partial charge in [-0.3, -0.25) is 4.79 Å². The van der Waals surface area contributed by atoms with Gasteiger partial charge in [-0.1, -0.05) is 6.07 Å². The van der Waals surface area contributed by atoms with Crippen molar-refractivity contribution in [2.24, 2.45) is 0 Å². The van der Waals surface area contributed by atoms with E-state index in [0.29, 0.717) is 17.6 Å². The number of hydrogen-bond acceptors (Lipinski definition) is 4. The fourth-order valence-electron chi connectivity index (χ4n) is 2.32. The van der Waals surface area contributed by atoms with Crippen LogP contribution >= 0.6 is 24.8 Å². The Bertz CT molecular complexity index is 434. The summed E-state index contributed by atoms with van der Waals surface area (Å²) in [7, 11) is 4.17. The lowest BCUT2D eigenvalue weighted by atomic mass is 10.0. The zero-order valence-electron chi connectivity index (χ0n) is 11.8. The summed E-state index contributed by atoms with van der Waals surface area (Å²) in [4.78, 5) is 20.4. The summed E-state index contributed by atoms with van der Waals surface area (Å²) < 4.78 is 0. The van der Waals surface area contributed by atoms with Gasteiger partial charge in [0.1, 0.15) is 11.5 Å². The van der Waals surface area contributed by atoms with E-state index in [2.05, 4.69) is 24.0 Å². The smallest absolute Gasteiger partial charge is 0.272 e. The highest BCUT2D eigenvalue weighted by Crippen LogP contribution is 2.16. The minimum Gasteiger partial charge on any atom is -0.384 e. The van der Waals surface area contributed by atoms with Crippen LogP contribution in [0.15, 0.2) is 18.2 Å². The summed E-state index contributed by atoms with van der Waals surface area (Å²) in [5, 5.41) is 0. The Labute approximate surface area is 132 Å². The second-order valence-corrected chi connectivity index (χ2v) is 4.93. The number of nitrogen functional groups attached to an aromatic ring is 1. The highest BCUT2D eigenvalue weighted by molar-refractivity contribution is 5.92. The third-order valence-electron chi connectivity index (χ3n) is 3.47. The molecular formula is C13H22Cl2N4O. The highest BCUT2D eigenvalue weighted by atomic mass is 35.5. The number of carbonyl (C=O) groups excluding carboxylic acids is 1. The number of anilines is 1. The number of halogens is 2. The van der Waals surface area contributed by atoms with E-state index < -0.39 is 0 Å². The molecule has 0 atom stereocenters. The number of nitrogens with zero attached hydrogens (tertiary/aromatic N) is 3. The Morgan fingerprint density at radius 3 is 2.40 bits per heavy atom. The molecule has 20 heavy (non-hydrogen) atoms. The van der Waals surface area contributed by atoms with E-state index in [1.165, 1.54) is 0 Å². The maximum Gasteiger partial charge on any atom is 0.272 e. The minimum atomic E-state index is -0.0143. The average Bonchev–Trinajstić information content (AvgIpc) is 2.38. The highest BCUT2D eigenvalue weighted by Gasteiger charge is 2.25. The molecule has 0 aliphatic carbocycles. The van der Waals surface area contributed by atoms with Gasteiger partial charge in [0.15, 0.2) is 0 Å². The number of amides is 1. The normalized spacial score (nSPS) is 15.4. The third kappa shape index (κ3) is 4.51. The van der Waals surface area contributed by atoms with E-state index in [-0.39, 0.29) is 30.7 Å². The van der Waals surface area contributed by atoms with Crippen molar-refractivity contribution >= 4 is 36.5 Å². The molecule has 0 spiro atoms. The fraction of sp³-hybridized carbons (Fsp3) is 0.538. The largest absolute Gasteiger partial charge is 0.384 e. The lowest BCUT2D eigenvalue weighted by Gasteiger charge is -2.35. The molecule has 1 amide bonds. The summed E-state index contributed by atoms with van der Waals surface area (Å²) in [6, 6.07) is 5.75. The van der Waals surface area contributed by atoms with Crippen LogP contribution < -0.4 is 5.73 Å². The van der Waals surface area contributed by atoms with E-state index in [9.17, 15) is 4.79 Å². The van der Waals surface area contributed by atoms with Crippen LogP contribution in [0.2, 0.25) is 0 Å². The van der Waals surface area contributed by atoms with Gasteiger partial charge in [0.25, 0.3) is 5.91 Å². The summed E-state index contributed by atoms with van der Waals surface area (Å²) in [5.74, 6) is 0.378. The Kier molecular flexibility index (Phi) is 7.86. The summed E-state index contributed by atoms with van der Waals surface area (Å²) in [6.07, 6.45) is 2.03. The second-order valence-electron chi connectivity index (χ2n) is 4.93. The fourth-order valence-corrected chi connectivity index (χ4v) is 2.32. The van der Waals surface area contributed by atoms with Crippen molar-refractivity contribution in [3.63, 3.8) is 0 Å². The average molecular weight is 321 g/mol. The van der Waals surface area contributed by atoms with Crippen molar-refractivity contribution in [1.82, 2.24) is 14.8 Å². The molecule has 0 bridgehead atoms. The first-order valence-electron chi connectivity index (χ1n) is 6.26. The molecule has 1 aliphatic rings. The predicted molar refractivity (Wildman–Crippen MR) is 85.8 cm³/mol. The van der Waals surface area contributed by atoms with E-state index in [0.717, 1.165) is 25.9 Å². The first-order valence-corrected chi connectivity index (χ1v) is 6.26. The van der Waals surface area contributed by atoms with Crippen LogP contribution in [0.5, 0.6) is 0 Å². The zero-order valence-corrected chi connectivity index (χ0v) is 13.4. The van der Waals surface area contributed by atoms with Crippen molar-refractivity contribution in [2.45, 2.75) is 18.9 Å². The third-order valence-corrected chi connectivity index (χ3v) is 3.47. The van der Waals surface area contributed by atoms with Crippen LogP contribution in [0.25, 0.3) is 0 Å². The summed E-state index contributed by atoms with van der Waals surface area (Å²) in [6.45, 7) is 1.58. The van der Waals surface area contributed by atoms with Crippen LogP contribution in [0.4, 0.5) is 5.82 Å². The molecule has 2 heterocycles. The molecule has 0 saturated carbocycles. The van der Waals surface area contributed by atoms with E-state index in [4.69, 9.17) is 5.73 Å². The van der Waals surface area contributed by atoms with Crippen molar-refractivity contribution in [3.05, 3.63) is 23.9 Å². The van der Waals surface area contributed by atoms with Gasteiger partial charge in [-0.25, -0.2) is 4.98 Å². The Morgan fingerprint density at radius 1 is 1.30 bits per heavy atom. The van der Waals surface area contributed by atoms with Crippen LogP contribution in [-0.4, -0.2) is 53.9 Å². The molecule has 2 rings (SSSR count). The molecule has 114 valence electrons. The number of carbonyl (C=O) groups is 1. The number of aromatic nitrogens is 1. The molecule has 2 N–H and O–H groups in total. The van der Waals surface area contributed by atoms with Crippen molar-refractivity contribution in [3.8, 4) is 0 Å². The molecule has 1 saturated heterocycles. The summed E-state index contributed by atoms with van der Waals surface area (Å²) in [5.41, 5.74) is 6.04. The van der Waals surface area contributed by atoms with Gasteiger partial charge in [-0.15, -0.1) is 24.8 Å². The molecule has 1 aliphatic heterocycles. The maximum absolute atomic E-state index is 12.2. The molecule has 1 aromatic rings. The van der Waals surface area contributed by atoms with Gasteiger partial charge in [-0.2, -0.15) is 0 Å². The first kappa shape index (κ1) is 19.0. The van der Waals surface area contributed by atoms with E-state index >= 15 is 0 Å². The van der Waals surface area contributed by atoms with E-state index in [1.807, 2.05) is 4.90 Å². The predicted octanol–water partition coefficient (Wildman–Crippen LogP) is 1.67. The molecule has 5 nitrogen and oxygen atoms in total. The first-order chi connectivity index (χ1) is 8.58. The standard InChI is InChI=1S/C13H20N4O.2ClH/c1-16(2)10-6-8-17(9-7-10)13(18)11-4-3-5-12(14)15-11;;/h3-5,10H,6-9H2,1-2H3,(H2,14,15);2*1H. The summed E-state index contributed by atoms with van der Waals surface area (Å²) >= 11 is 0. The van der Waals surface area contributed by atoms with Crippen molar-refractivity contribution in [1.29, 1.82) is 0 Å². The Balaban J connectivity index is 0.00000180. The lowest BCUT2D eigenvalue weighted by Crippen LogP contribution is -2.44. The molecule has 7 heteroatoms. The van der Waals surface area contributed by atoms with Gasteiger partial charge < -0.3 is 15.5 Å². The molecule has 1 aromatic heterocycles. The topological polar surface area (TPSA) is 62.5 Å². The van der Waals surface area contributed by atoms with Gasteiger partial charge in [-0.05, 0) is 39.1 Å².